The van der Waals surface area contributed by atoms with E-state index in [4.69, 9.17) is 0 Å². The minimum atomic E-state index is -3.61. The van der Waals surface area contributed by atoms with Crippen molar-refractivity contribution in [2.45, 2.75) is 68.7 Å². The number of piperidine rings is 1. The molecule has 5 nitrogen and oxygen atoms in total. The number of benzene rings is 1. The molecule has 1 saturated heterocycles. The fourth-order valence-corrected chi connectivity index (χ4v) is 5.52. The van der Waals surface area contributed by atoms with Gasteiger partial charge in [-0.3, -0.25) is 4.79 Å². The molecule has 1 aliphatic carbocycles. The SMILES string of the molecule is O=C(NC1CCCCCC1)c1ccccc1S(=O)(=O)N1CCCCC1. The number of hydrogen-bond donors (Lipinski definition) is 1. The fourth-order valence-electron chi connectivity index (χ4n) is 3.81. The molecule has 1 amide bonds. The van der Waals surface area contributed by atoms with Crippen LogP contribution in [0.5, 0.6) is 0 Å². The predicted octanol–water partition coefficient (Wildman–Crippen LogP) is 3.31. The Morgan fingerprint density at radius 2 is 1.52 bits per heavy atom. The summed E-state index contributed by atoms with van der Waals surface area (Å²) in [5.41, 5.74) is 0.275. The van der Waals surface area contributed by atoms with E-state index in [1.807, 2.05) is 0 Å². The maximum Gasteiger partial charge on any atom is 0.252 e. The van der Waals surface area contributed by atoms with Crippen LogP contribution >= 0.6 is 0 Å². The second-order valence-corrected chi connectivity index (χ2v) is 9.03. The van der Waals surface area contributed by atoms with Gasteiger partial charge in [0.15, 0.2) is 0 Å². The van der Waals surface area contributed by atoms with Crippen molar-refractivity contribution >= 4 is 15.9 Å². The lowest BCUT2D eigenvalue weighted by atomic mass is 10.1. The average molecular weight is 365 g/mol. The van der Waals surface area contributed by atoms with Gasteiger partial charge in [0.2, 0.25) is 10.0 Å². The van der Waals surface area contributed by atoms with Crippen molar-refractivity contribution in [1.82, 2.24) is 9.62 Å². The summed E-state index contributed by atoms with van der Waals surface area (Å²) >= 11 is 0. The monoisotopic (exact) mass is 364 g/mol. The number of carbonyl (C=O) groups is 1. The summed E-state index contributed by atoms with van der Waals surface area (Å²) in [4.78, 5) is 12.9. The van der Waals surface area contributed by atoms with E-state index in [1.54, 1.807) is 24.3 Å². The molecule has 138 valence electrons. The quantitative estimate of drug-likeness (QED) is 0.834. The van der Waals surface area contributed by atoms with Crippen molar-refractivity contribution in [1.29, 1.82) is 0 Å². The molecule has 2 fully saturated rings. The van der Waals surface area contributed by atoms with E-state index in [9.17, 15) is 13.2 Å². The highest BCUT2D eigenvalue weighted by atomic mass is 32.2. The third-order valence-electron chi connectivity index (χ3n) is 5.25. The van der Waals surface area contributed by atoms with Crippen molar-refractivity contribution in [3.05, 3.63) is 29.8 Å². The molecule has 6 heteroatoms. The van der Waals surface area contributed by atoms with E-state index in [1.165, 1.54) is 17.1 Å². The number of rotatable bonds is 4. The molecule has 0 aromatic heterocycles. The molecule has 2 aliphatic rings. The van der Waals surface area contributed by atoms with Crippen LogP contribution in [0.25, 0.3) is 0 Å². The molecule has 1 heterocycles. The van der Waals surface area contributed by atoms with Gasteiger partial charge in [0.05, 0.1) is 10.5 Å². The molecular formula is C19H28N2O3S. The first-order valence-corrected chi connectivity index (χ1v) is 10.9. The lowest BCUT2D eigenvalue weighted by molar-refractivity contribution is 0.0930. The Morgan fingerprint density at radius 3 is 2.20 bits per heavy atom. The predicted molar refractivity (Wildman–Crippen MR) is 98.0 cm³/mol. The summed E-state index contributed by atoms with van der Waals surface area (Å²) in [5, 5.41) is 3.07. The van der Waals surface area contributed by atoms with E-state index in [-0.39, 0.29) is 22.4 Å². The molecule has 0 radical (unpaired) electrons. The highest BCUT2D eigenvalue weighted by Crippen LogP contribution is 2.24. The molecule has 1 N–H and O–H groups in total. The van der Waals surface area contributed by atoms with Crippen LogP contribution in [-0.2, 0) is 10.0 Å². The molecule has 3 rings (SSSR count). The third-order valence-corrected chi connectivity index (χ3v) is 7.21. The molecule has 0 spiro atoms. The van der Waals surface area contributed by atoms with Crippen LogP contribution in [-0.4, -0.2) is 37.8 Å². The van der Waals surface area contributed by atoms with Crippen molar-refractivity contribution in [2.75, 3.05) is 13.1 Å². The van der Waals surface area contributed by atoms with Crippen LogP contribution in [0.3, 0.4) is 0 Å². The normalized spacial score (nSPS) is 20.8. The van der Waals surface area contributed by atoms with Gasteiger partial charge in [-0.2, -0.15) is 4.31 Å². The van der Waals surface area contributed by atoms with Crippen molar-refractivity contribution in [2.24, 2.45) is 0 Å². The first-order valence-electron chi connectivity index (χ1n) is 9.49. The number of nitrogens with one attached hydrogen (secondary N) is 1. The molecule has 1 aromatic rings. The van der Waals surface area contributed by atoms with Gasteiger partial charge < -0.3 is 5.32 Å². The van der Waals surface area contributed by atoms with Crippen LogP contribution in [0.4, 0.5) is 0 Å². The van der Waals surface area contributed by atoms with Gasteiger partial charge in [0.1, 0.15) is 0 Å². The number of amides is 1. The Kier molecular flexibility index (Phi) is 6.12. The third kappa shape index (κ3) is 4.42. The maximum absolute atomic E-state index is 13.0. The van der Waals surface area contributed by atoms with Crippen LogP contribution in [0.1, 0.15) is 68.1 Å². The lowest BCUT2D eigenvalue weighted by Gasteiger charge is -2.27. The largest absolute Gasteiger partial charge is 0.349 e. The fraction of sp³-hybridized carbons (Fsp3) is 0.632. The number of carbonyl (C=O) groups excluding carboxylic acids is 1. The van der Waals surface area contributed by atoms with Gasteiger partial charge in [0.25, 0.3) is 5.91 Å². The minimum Gasteiger partial charge on any atom is -0.349 e. The molecular weight excluding hydrogens is 336 g/mol. The van der Waals surface area contributed by atoms with E-state index in [0.717, 1.165) is 44.9 Å². The standard InChI is InChI=1S/C19H28N2O3S/c22-19(20-16-10-4-1-2-5-11-16)17-12-6-7-13-18(17)25(23,24)21-14-8-3-9-15-21/h6-7,12-13,16H,1-5,8-11,14-15H2,(H,20,22). The summed E-state index contributed by atoms with van der Waals surface area (Å²) in [7, 11) is -3.61. The maximum atomic E-state index is 13.0. The van der Waals surface area contributed by atoms with Crippen LogP contribution in [0, 0.1) is 0 Å². The zero-order valence-corrected chi connectivity index (χ0v) is 15.6. The van der Waals surface area contributed by atoms with Crippen LogP contribution in [0.15, 0.2) is 29.2 Å². The first-order chi connectivity index (χ1) is 12.1. The van der Waals surface area contributed by atoms with E-state index >= 15 is 0 Å². The Hall–Kier alpha value is -1.40. The lowest BCUT2D eigenvalue weighted by Crippen LogP contribution is -2.38. The molecule has 1 saturated carbocycles. The Balaban J connectivity index is 1.81. The van der Waals surface area contributed by atoms with Crippen molar-refractivity contribution in [3.8, 4) is 0 Å². The smallest absolute Gasteiger partial charge is 0.252 e. The highest BCUT2D eigenvalue weighted by Gasteiger charge is 2.30. The van der Waals surface area contributed by atoms with Gasteiger partial charge in [-0.1, -0.05) is 44.2 Å². The number of hydrogen-bond acceptors (Lipinski definition) is 3. The number of sulfonamides is 1. The summed E-state index contributed by atoms with van der Waals surface area (Å²) in [6, 6.07) is 6.77. The summed E-state index contributed by atoms with van der Waals surface area (Å²) in [5.74, 6) is -0.261. The van der Waals surface area contributed by atoms with Gasteiger partial charge >= 0.3 is 0 Å². The molecule has 1 aromatic carbocycles. The van der Waals surface area contributed by atoms with Crippen molar-refractivity contribution in [3.63, 3.8) is 0 Å². The molecule has 0 unspecified atom stereocenters. The topological polar surface area (TPSA) is 66.5 Å². The van der Waals surface area contributed by atoms with Gasteiger partial charge in [-0.25, -0.2) is 8.42 Å². The Labute approximate surface area is 150 Å². The first kappa shape index (κ1) is 18.4. The van der Waals surface area contributed by atoms with E-state index in [2.05, 4.69) is 5.32 Å². The zero-order valence-electron chi connectivity index (χ0n) is 14.7. The highest BCUT2D eigenvalue weighted by molar-refractivity contribution is 7.89. The van der Waals surface area contributed by atoms with Crippen LogP contribution in [0.2, 0.25) is 0 Å². The van der Waals surface area contributed by atoms with Gasteiger partial charge in [-0.15, -0.1) is 0 Å². The minimum absolute atomic E-state index is 0.142. The van der Waals surface area contributed by atoms with E-state index < -0.39 is 10.0 Å². The van der Waals surface area contributed by atoms with E-state index in [0.29, 0.717) is 13.1 Å². The Bertz CT molecular complexity index is 688. The second kappa shape index (κ2) is 8.32. The molecule has 25 heavy (non-hydrogen) atoms. The van der Waals surface area contributed by atoms with Gasteiger partial charge in [0, 0.05) is 19.1 Å². The summed E-state index contributed by atoms with van der Waals surface area (Å²) in [6.07, 6.45) is 9.47. The molecule has 1 aliphatic heterocycles. The summed E-state index contributed by atoms with van der Waals surface area (Å²) < 4.78 is 27.5. The second-order valence-electron chi connectivity index (χ2n) is 7.12. The molecule has 0 bridgehead atoms. The summed E-state index contributed by atoms with van der Waals surface area (Å²) in [6.45, 7) is 1.09. The van der Waals surface area contributed by atoms with Crippen LogP contribution < -0.4 is 5.32 Å². The number of nitrogens with zero attached hydrogens (tertiary/aromatic N) is 1. The Morgan fingerprint density at radius 1 is 0.920 bits per heavy atom. The average Bonchev–Trinajstić information content (AvgIpc) is 2.91. The van der Waals surface area contributed by atoms with Gasteiger partial charge in [-0.05, 0) is 37.8 Å². The van der Waals surface area contributed by atoms with Crippen molar-refractivity contribution < 1.29 is 13.2 Å². The zero-order chi connectivity index (χ0) is 17.7. The molecule has 0 atom stereocenters.